The van der Waals surface area contributed by atoms with E-state index in [1.165, 1.54) is 0 Å². The van der Waals surface area contributed by atoms with Crippen LogP contribution in [0.5, 0.6) is 5.75 Å². The lowest BCUT2D eigenvalue weighted by molar-refractivity contribution is 0.419. The second-order valence-corrected chi connectivity index (χ2v) is 4.49. The molecule has 1 heterocycles. The number of nitriles is 1. The van der Waals surface area contributed by atoms with Crippen LogP contribution >= 0.6 is 27.3 Å². The number of hydrogen-bond donors (Lipinski definition) is 0. The summed E-state index contributed by atoms with van der Waals surface area (Å²) in [5.41, 5.74) is 0.558. The van der Waals surface area contributed by atoms with Crippen molar-refractivity contribution in [2.45, 2.75) is 0 Å². The Balaban J connectivity index is 2.91. The average molecular weight is 268 g/mol. The van der Waals surface area contributed by atoms with Crippen LogP contribution in [-0.2, 0) is 0 Å². The first kappa shape index (κ1) is 9.50. The highest BCUT2D eigenvalue weighted by atomic mass is 79.9. The normalized spacial score (nSPS) is 10.1. The summed E-state index contributed by atoms with van der Waals surface area (Å²) in [5, 5.41) is 12.1. The van der Waals surface area contributed by atoms with Crippen molar-refractivity contribution in [1.29, 1.82) is 5.26 Å². The number of ether oxygens (including phenoxy) is 1. The minimum absolute atomic E-state index is 0.558. The molecule has 0 saturated heterocycles. The Morgan fingerprint density at radius 1 is 1.57 bits per heavy atom. The summed E-state index contributed by atoms with van der Waals surface area (Å²) in [6, 6.07) is 6.08. The fourth-order valence-corrected chi connectivity index (χ4v) is 2.77. The number of nitrogens with zero attached hydrogens (tertiary/aromatic N) is 1. The van der Waals surface area contributed by atoms with E-state index < -0.39 is 0 Å². The molecule has 2 rings (SSSR count). The molecule has 0 radical (unpaired) electrons. The number of methoxy groups -OCH3 is 1. The third-order valence-electron chi connectivity index (χ3n) is 1.97. The number of rotatable bonds is 1. The highest BCUT2D eigenvalue weighted by molar-refractivity contribution is 9.10. The zero-order valence-electron chi connectivity index (χ0n) is 7.37. The van der Waals surface area contributed by atoms with Gasteiger partial charge in [0.25, 0.3) is 0 Å². The minimum Gasteiger partial charge on any atom is -0.494 e. The van der Waals surface area contributed by atoms with Gasteiger partial charge in [-0.15, -0.1) is 11.3 Å². The molecule has 0 unspecified atom stereocenters. The smallest absolute Gasteiger partial charge is 0.155 e. The lowest BCUT2D eigenvalue weighted by atomic mass is 10.1. The Labute approximate surface area is 93.9 Å². The van der Waals surface area contributed by atoms with Gasteiger partial charge >= 0.3 is 0 Å². The largest absolute Gasteiger partial charge is 0.494 e. The summed E-state index contributed by atoms with van der Waals surface area (Å²) in [7, 11) is 1.59. The number of halogens is 1. The minimum atomic E-state index is 0.558. The Hall–Kier alpha value is -1.05. The molecular formula is C10H6BrNOS. The highest BCUT2D eigenvalue weighted by Crippen LogP contribution is 2.37. The third-order valence-corrected chi connectivity index (χ3v) is 3.52. The monoisotopic (exact) mass is 267 g/mol. The molecule has 1 aromatic carbocycles. The van der Waals surface area contributed by atoms with E-state index in [1.54, 1.807) is 18.4 Å². The van der Waals surface area contributed by atoms with Crippen LogP contribution in [0, 0.1) is 11.3 Å². The van der Waals surface area contributed by atoms with Gasteiger partial charge in [-0.1, -0.05) is 0 Å². The van der Waals surface area contributed by atoms with Crippen LogP contribution < -0.4 is 4.74 Å². The molecule has 0 spiro atoms. The molecule has 2 nitrogen and oxygen atoms in total. The molecule has 0 bridgehead atoms. The van der Waals surface area contributed by atoms with Crippen molar-refractivity contribution in [3.8, 4) is 11.8 Å². The van der Waals surface area contributed by atoms with Gasteiger partial charge < -0.3 is 4.74 Å². The molecule has 0 saturated carbocycles. The summed E-state index contributed by atoms with van der Waals surface area (Å²) in [4.78, 5) is 0. The maximum Gasteiger partial charge on any atom is 0.155 e. The fraction of sp³-hybridized carbons (Fsp3) is 0.100. The van der Waals surface area contributed by atoms with E-state index in [1.807, 2.05) is 17.5 Å². The van der Waals surface area contributed by atoms with Crippen LogP contribution in [-0.4, -0.2) is 7.11 Å². The second-order valence-electron chi connectivity index (χ2n) is 2.72. The van der Waals surface area contributed by atoms with Crippen molar-refractivity contribution in [1.82, 2.24) is 0 Å². The molecule has 0 fully saturated rings. The SMILES string of the molecule is COc1c(C#N)c(Br)cc2ccsc12. The fourth-order valence-electron chi connectivity index (χ4n) is 1.35. The molecule has 1 aromatic heterocycles. The summed E-state index contributed by atoms with van der Waals surface area (Å²) in [6.45, 7) is 0. The zero-order chi connectivity index (χ0) is 10.1. The van der Waals surface area contributed by atoms with Gasteiger partial charge in [0, 0.05) is 4.47 Å². The highest BCUT2D eigenvalue weighted by Gasteiger charge is 2.12. The number of hydrogen-bond acceptors (Lipinski definition) is 3. The van der Waals surface area contributed by atoms with Crippen LogP contribution in [0.15, 0.2) is 22.0 Å². The maximum absolute atomic E-state index is 8.97. The van der Waals surface area contributed by atoms with E-state index in [-0.39, 0.29) is 0 Å². The van der Waals surface area contributed by atoms with E-state index in [0.717, 1.165) is 14.6 Å². The summed E-state index contributed by atoms with van der Waals surface area (Å²) in [6.07, 6.45) is 0. The molecule has 70 valence electrons. The van der Waals surface area contributed by atoms with Crippen LogP contribution in [0.3, 0.4) is 0 Å². The molecule has 0 aliphatic carbocycles. The van der Waals surface area contributed by atoms with Crippen molar-refractivity contribution in [2.75, 3.05) is 7.11 Å². The molecule has 0 N–H and O–H groups in total. The molecule has 0 aliphatic heterocycles. The van der Waals surface area contributed by atoms with Crippen molar-refractivity contribution in [3.63, 3.8) is 0 Å². The first-order valence-electron chi connectivity index (χ1n) is 3.91. The van der Waals surface area contributed by atoms with Gasteiger partial charge in [-0.2, -0.15) is 5.26 Å². The van der Waals surface area contributed by atoms with Gasteiger partial charge in [0.05, 0.1) is 11.8 Å². The van der Waals surface area contributed by atoms with Crippen molar-refractivity contribution in [3.05, 3.63) is 27.5 Å². The van der Waals surface area contributed by atoms with Crippen LogP contribution in [0.1, 0.15) is 5.56 Å². The van der Waals surface area contributed by atoms with Crippen LogP contribution in [0.4, 0.5) is 0 Å². The van der Waals surface area contributed by atoms with E-state index in [0.29, 0.717) is 11.3 Å². The molecule has 0 aliphatic rings. The van der Waals surface area contributed by atoms with Crippen molar-refractivity contribution < 1.29 is 4.74 Å². The molecule has 2 aromatic rings. The first-order chi connectivity index (χ1) is 6.77. The maximum atomic E-state index is 8.97. The number of benzene rings is 1. The lowest BCUT2D eigenvalue weighted by Gasteiger charge is -2.05. The average Bonchev–Trinajstić information content (AvgIpc) is 2.62. The van der Waals surface area contributed by atoms with Crippen molar-refractivity contribution >= 4 is 37.4 Å². The van der Waals surface area contributed by atoms with E-state index in [4.69, 9.17) is 10.00 Å². The molecule has 0 amide bonds. The zero-order valence-corrected chi connectivity index (χ0v) is 9.78. The predicted molar refractivity (Wildman–Crippen MR) is 60.8 cm³/mol. The Bertz CT molecular complexity index is 527. The molecule has 14 heavy (non-hydrogen) atoms. The second kappa shape index (κ2) is 3.60. The van der Waals surface area contributed by atoms with Gasteiger partial charge in [-0.3, -0.25) is 0 Å². The van der Waals surface area contributed by atoms with Crippen LogP contribution in [0.25, 0.3) is 10.1 Å². The molecule has 0 atom stereocenters. The van der Waals surface area contributed by atoms with Gasteiger partial charge in [0.2, 0.25) is 0 Å². The summed E-state index contributed by atoms with van der Waals surface area (Å²) < 4.78 is 7.05. The van der Waals surface area contributed by atoms with E-state index in [2.05, 4.69) is 22.0 Å². The number of fused-ring (bicyclic) bond motifs is 1. The Morgan fingerprint density at radius 3 is 3.00 bits per heavy atom. The van der Waals surface area contributed by atoms with Gasteiger partial charge in [-0.05, 0) is 38.8 Å². The summed E-state index contributed by atoms with van der Waals surface area (Å²) in [5.74, 6) is 0.659. The quantitative estimate of drug-likeness (QED) is 0.792. The third kappa shape index (κ3) is 1.29. The number of thiophene rings is 1. The molecular weight excluding hydrogens is 262 g/mol. The van der Waals surface area contributed by atoms with E-state index >= 15 is 0 Å². The molecule has 4 heteroatoms. The van der Waals surface area contributed by atoms with E-state index in [9.17, 15) is 0 Å². The first-order valence-corrected chi connectivity index (χ1v) is 5.59. The standard InChI is InChI=1S/C10H6BrNOS/c1-13-9-7(5-12)8(11)4-6-2-3-14-10(6)9/h2-4H,1H3. The lowest BCUT2D eigenvalue weighted by Crippen LogP contribution is -1.89. The topological polar surface area (TPSA) is 33.0 Å². The van der Waals surface area contributed by atoms with Crippen molar-refractivity contribution in [2.24, 2.45) is 0 Å². The van der Waals surface area contributed by atoms with Gasteiger partial charge in [-0.25, -0.2) is 0 Å². The van der Waals surface area contributed by atoms with Gasteiger partial charge in [0.1, 0.15) is 11.6 Å². The Morgan fingerprint density at radius 2 is 2.36 bits per heavy atom. The Kier molecular flexibility index (Phi) is 2.44. The van der Waals surface area contributed by atoms with Crippen LogP contribution in [0.2, 0.25) is 0 Å². The predicted octanol–water partition coefficient (Wildman–Crippen LogP) is 3.54. The van der Waals surface area contributed by atoms with Gasteiger partial charge in [0.15, 0.2) is 5.75 Å². The summed E-state index contributed by atoms with van der Waals surface area (Å²) >= 11 is 4.94.